The van der Waals surface area contributed by atoms with Crippen LogP contribution in [0.25, 0.3) is 79.0 Å². The summed E-state index contributed by atoms with van der Waals surface area (Å²) >= 11 is 3.79. The highest BCUT2D eigenvalue weighted by atomic mass is 32.1. The summed E-state index contributed by atoms with van der Waals surface area (Å²) in [6.45, 7) is 0. The van der Waals surface area contributed by atoms with Gasteiger partial charge in [-0.3, -0.25) is 0 Å². The van der Waals surface area contributed by atoms with Gasteiger partial charge in [-0.15, -0.1) is 22.7 Å². The summed E-state index contributed by atoms with van der Waals surface area (Å²) in [4.78, 5) is 0. The Bertz CT molecular complexity index is 2390. The molecule has 3 heterocycles. The predicted molar refractivity (Wildman–Crippen MR) is 172 cm³/mol. The molecule has 0 radical (unpaired) electrons. The van der Waals surface area contributed by atoms with Crippen molar-refractivity contribution in [1.29, 1.82) is 0 Å². The molecule has 3 aromatic heterocycles. The molecule has 9 aromatic rings. The van der Waals surface area contributed by atoms with Gasteiger partial charge in [0.2, 0.25) is 0 Å². The van der Waals surface area contributed by atoms with Gasteiger partial charge < -0.3 is 4.57 Å². The zero-order valence-electron chi connectivity index (χ0n) is 20.9. The number of rotatable bonds is 2. The Morgan fingerprint density at radius 1 is 0.462 bits per heavy atom. The van der Waals surface area contributed by atoms with Crippen molar-refractivity contribution in [1.82, 2.24) is 4.57 Å². The second-order valence-electron chi connectivity index (χ2n) is 10.1. The van der Waals surface area contributed by atoms with Crippen LogP contribution in [-0.4, -0.2) is 4.57 Å². The van der Waals surface area contributed by atoms with Crippen molar-refractivity contribution in [3.63, 3.8) is 0 Å². The summed E-state index contributed by atoms with van der Waals surface area (Å²) < 4.78 is 7.84. The van der Waals surface area contributed by atoms with Gasteiger partial charge >= 0.3 is 0 Å². The van der Waals surface area contributed by atoms with E-state index >= 15 is 0 Å². The number of thiophene rings is 2. The minimum Gasteiger partial charge on any atom is -0.308 e. The zero-order valence-corrected chi connectivity index (χ0v) is 22.5. The third-order valence-electron chi connectivity index (χ3n) is 8.00. The molecule has 0 aliphatic rings. The first kappa shape index (κ1) is 21.5. The van der Waals surface area contributed by atoms with E-state index in [1.165, 1.54) is 79.0 Å². The van der Waals surface area contributed by atoms with Gasteiger partial charge in [0.25, 0.3) is 0 Å². The van der Waals surface area contributed by atoms with Crippen molar-refractivity contribution in [3.8, 4) is 16.8 Å². The fraction of sp³-hybridized carbons (Fsp3) is 0. The van der Waals surface area contributed by atoms with E-state index in [2.05, 4.69) is 132 Å². The van der Waals surface area contributed by atoms with Crippen molar-refractivity contribution in [2.45, 2.75) is 0 Å². The van der Waals surface area contributed by atoms with E-state index in [1.54, 1.807) is 0 Å². The lowest BCUT2D eigenvalue weighted by Gasteiger charge is -2.10. The maximum absolute atomic E-state index is 2.50. The van der Waals surface area contributed by atoms with E-state index in [1.807, 2.05) is 22.7 Å². The summed E-state index contributed by atoms with van der Waals surface area (Å²) in [5.74, 6) is 0. The van der Waals surface area contributed by atoms with E-state index in [0.717, 1.165) is 0 Å². The van der Waals surface area contributed by atoms with E-state index in [9.17, 15) is 0 Å². The highest BCUT2D eigenvalue weighted by Gasteiger charge is 2.19. The van der Waals surface area contributed by atoms with Crippen LogP contribution in [0.2, 0.25) is 0 Å². The third kappa shape index (κ3) is 3.00. The van der Waals surface area contributed by atoms with Gasteiger partial charge in [0, 0.05) is 52.1 Å². The maximum atomic E-state index is 2.50. The molecule has 6 aromatic carbocycles. The monoisotopic (exact) mass is 531 g/mol. The predicted octanol–water partition coefficient (Wildman–Crippen LogP) is 11.2. The quantitative estimate of drug-likeness (QED) is 0.209. The molecule has 0 aliphatic carbocycles. The third-order valence-corrected chi connectivity index (χ3v) is 10.3. The lowest BCUT2D eigenvalue weighted by Crippen LogP contribution is -1.93. The second kappa shape index (κ2) is 8.03. The van der Waals surface area contributed by atoms with Crippen LogP contribution in [-0.2, 0) is 0 Å². The normalized spacial score (nSPS) is 12.1. The number of fused-ring (bicyclic) bond motifs is 10. The van der Waals surface area contributed by atoms with Crippen molar-refractivity contribution in [3.05, 3.63) is 127 Å². The maximum Gasteiger partial charge on any atom is 0.0719 e. The van der Waals surface area contributed by atoms with Crippen LogP contribution in [0.3, 0.4) is 0 Å². The molecule has 0 atom stereocenters. The molecular weight excluding hydrogens is 511 g/mol. The summed E-state index contributed by atoms with van der Waals surface area (Å²) in [7, 11) is 0. The lowest BCUT2D eigenvalue weighted by atomic mass is 9.99. The summed E-state index contributed by atoms with van der Waals surface area (Å²) in [5.41, 5.74) is 6.32. The van der Waals surface area contributed by atoms with Crippen LogP contribution < -0.4 is 0 Å². The number of para-hydroxylation sites is 1. The van der Waals surface area contributed by atoms with Crippen LogP contribution in [0.5, 0.6) is 0 Å². The van der Waals surface area contributed by atoms with Gasteiger partial charge in [0.1, 0.15) is 0 Å². The van der Waals surface area contributed by atoms with Gasteiger partial charge in [-0.2, -0.15) is 0 Å². The molecule has 0 saturated heterocycles. The Morgan fingerprint density at radius 3 is 2.13 bits per heavy atom. The molecule has 3 heteroatoms. The molecule has 0 amide bonds. The molecule has 0 saturated carbocycles. The van der Waals surface area contributed by atoms with Crippen LogP contribution in [0.15, 0.2) is 127 Å². The van der Waals surface area contributed by atoms with Gasteiger partial charge in [-0.25, -0.2) is 0 Å². The van der Waals surface area contributed by atoms with Crippen LogP contribution in [0.4, 0.5) is 0 Å². The average molecular weight is 532 g/mol. The molecule has 0 aliphatic heterocycles. The first-order valence-electron chi connectivity index (χ1n) is 13.2. The molecule has 1 nitrogen and oxygen atoms in total. The van der Waals surface area contributed by atoms with E-state index in [0.29, 0.717) is 0 Å². The molecule has 0 fully saturated rings. The van der Waals surface area contributed by atoms with Crippen LogP contribution in [0, 0.1) is 0 Å². The number of hydrogen-bond donors (Lipinski definition) is 0. The summed E-state index contributed by atoms with van der Waals surface area (Å²) in [6, 6.07) is 46.8. The molecular formula is C36H21NS2. The Balaban J connectivity index is 1.42. The number of aromatic nitrogens is 1. The zero-order chi connectivity index (χ0) is 25.5. The Kier molecular flexibility index (Phi) is 4.43. The molecule has 0 unspecified atom stereocenters. The molecule has 39 heavy (non-hydrogen) atoms. The Labute approximate surface area is 232 Å². The Morgan fingerprint density at radius 2 is 1.21 bits per heavy atom. The molecule has 0 bridgehead atoms. The fourth-order valence-corrected chi connectivity index (χ4v) is 8.66. The number of nitrogens with zero attached hydrogens (tertiary/aromatic N) is 1. The van der Waals surface area contributed by atoms with Crippen molar-refractivity contribution < 1.29 is 0 Å². The van der Waals surface area contributed by atoms with E-state index < -0.39 is 0 Å². The summed E-state index contributed by atoms with van der Waals surface area (Å²) in [6.07, 6.45) is 0. The van der Waals surface area contributed by atoms with Crippen molar-refractivity contribution in [2.24, 2.45) is 0 Å². The van der Waals surface area contributed by atoms with Gasteiger partial charge in [-0.1, -0.05) is 91.0 Å². The highest BCUT2D eigenvalue weighted by molar-refractivity contribution is 7.26. The minimum absolute atomic E-state index is 1.21. The van der Waals surface area contributed by atoms with Crippen LogP contribution >= 0.6 is 22.7 Å². The molecule has 182 valence electrons. The highest BCUT2D eigenvalue weighted by Crippen LogP contribution is 2.45. The van der Waals surface area contributed by atoms with Gasteiger partial charge in [0.05, 0.1) is 15.7 Å². The van der Waals surface area contributed by atoms with Crippen LogP contribution in [0.1, 0.15) is 0 Å². The fourth-order valence-electron chi connectivity index (χ4n) is 6.31. The second-order valence-corrected chi connectivity index (χ2v) is 12.3. The number of benzene rings is 6. The first-order valence-corrected chi connectivity index (χ1v) is 14.8. The number of hydrogen-bond acceptors (Lipinski definition) is 2. The smallest absolute Gasteiger partial charge is 0.0719 e. The lowest BCUT2D eigenvalue weighted by molar-refractivity contribution is 1.19. The average Bonchev–Trinajstić information content (AvgIpc) is 3.66. The standard InChI is InChI=1S/C36H21NS2/c1-2-9-22(10-3-1)24-13-8-16-33-34(24)29-21-23(17-20-32(29)38-33)37-30-14-6-4-11-25(30)27-18-19-28-26-12-5-7-15-31(26)39-36(28)35(27)37/h1-21H. The van der Waals surface area contributed by atoms with E-state index in [-0.39, 0.29) is 0 Å². The Hall–Kier alpha value is -4.44. The molecule has 9 rings (SSSR count). The first-order chi connectivity index (χ1) is 19.3. The molecule has 0 spiro atoms. The van der Waals surface area contributed by atoms with E-state index in [4.69, 9.17) is 0 Å². The SMILES string of the molecule is c1ccc(-c2cccc3sc4ccc(-n5c6ccccc6c6ccc7c8ccccc8sc7c65)cc4c23)cc1. The van der Waals surface area contributed by atoms with Crippen molar-refractivity contribution in [2.75, 3.05) is 0 Å². The topological polar surface area (TPSA) is 4.93 Å². The van der Waals surface area contributed by atoms with Crippen molar-refractivity contribution >= 4 is 84.8 Å². The largest absolute Gasteiger partial charge is 0.308 e. The minimum atomic E-state index is 1.21. The summed E-state index contributed by atoms with van der Waals surface area (Å²) in [5, 5.41) is 7.94. The van der Waals surface area contributed by atoms with Gasteiger partial charge in [-0.05, 0) is 47.5 Å². The van der Waals surface area contributed by atoms with Gasteiger partial charge in [0.15, 0.2) is 0 Å². The molecule has 0 N–H and O–H groups in total.